The SMILES string of the molecule is CCCC(C)(CCCC(SCCN(C)C)C(=O)OC(C)(C)C(C)C)C(C)C. The zero-order valence-corrected chi connectivity index (χ0v) is 20.7. The molecule has 0 saturated heterocycles. The topological polar surface area (TPSA) is 29.5 Å². The highest BCUT2D eigenvalue weighted by Gasteiger charge is 2.32. The van der Waals surface area contributed by atoms with Crippen molar-refractivity contribution in [1.82, 2.24) is 4.90 Å². The van der Waals surface area contributed by atoms with Gasteiger partial charge in [-0.1, -0.05) is 54.4 Å². The highest BCUT2D eigenvalue weighted by Crippen LogP contribution is 2.38. The van der Waals surface area contributed by atoms with E-state index in [4.69, 9.17) is 4.74 Å². The van der Waals surface area contributed by atoms with E-state index in [9.17, 15) is 4.79 Å². The number of esters is 1. The van der Waals surface area contributed by atoms with E-state index in [1.165, 1.54) is 19.3 Å². The van der Waals surface area contributed by atoms with Crippen LogP contribution in [-0.4, -0.2) is 48.1 Å². The quantitative estimate of drug-likeness (QED) is 0.321. The third kappa shape index (κ3) is 10.2. The molecule has 0 rings (SSSR count). The highest BCUT2D eigenvalue weighted by molar-refractivity contribution is 8.00. The standard InChI is InChI=1S/C23H47NO2S/c1-11-14-23(8,19(4)5)15-12-13-20(27-17-16-24(9)10)21(25)26-22(6,7)18(2)3/h18-20H,11-17H2,1-10H3. The monoisotopic (exact) mass is 401 g/mol. The van der Waals surface area contributed by atoms with Crippen molar-refractivity contribution in [3.8, 4) is 0 Å². The number of nitrogens with zero attached hydrogens (tertiary/aromatic N) is 1. The molecule has 0 bridgehead atoms. The maximum atomic E-state index is 12.9. The third-order valence-corrected chi connectivity index (χ3v) is 7.55. The Labute approximate surface area is 174 Å². The van der Waals surface area contributed by atoms with E-state index in [1.54, 1.807) is 11.8 Å². The van der Waals surface area contributed by atoms with Gasteiger partial charge in [0.15, 0.2) is 0 Å². The molecule has 0 aromatic heterocycles. The van der Waals surface area contributed by atoms with Crippen LogP contribution < -0.4 is 0 Å². The minimum atomic E-state index is -0.411. The van der Waals surface area contributed by atoms with Gasteiger partial charge in [0.05, 0.1) is 0 Å². The van der Waals surface area contributed by atoms with Gasteiger partial charge in [-0.2, -0.15) is 0 Å². The zero-order chi connectivity index (χ0) is 21.3. The van der Waals surface area contributed by atoms with E-state index >= 15 is 0 Å². The molecule has 3 nitrogen and oxygen atoms in total. The van der Waals surface area contributed by atoms with Crippen LogP contribution in [-0.2, 0) is 9.53 Å². The Hall–Kier alpha value is -0.220. The molecule has 0 aliphatic heterocycles. The van der Waals surface area contributed by atoms with E-state index in [-0.39, 0.29) is 11.2 Å². The van der Waals surface area contributed by atoms with Crippen LogP contribution in [0.3, 0.4) is 0 Å². The van der Waals surface area contributed by atoms with Crippen LogP contribution in [0.15, 0.2) is 0 Å². The molecule has 2 unspecified atom stereocenters. The van der Waals surface area contributed by atoms with E-state index in [1.807, 2.05) is 13.8 Å². The smallest absolute Gasteiger partial charge is 0.319 e. The Morgan fingerprint density at radius 2 is 1.63 bits per heavy atom. The lowest BCUT2D eigenvalue weighted by Crippen LogP contribution is -2.37. The minimum absolute atomic E-state index is 0.0285. The van der Waals surface area contributed by atoms with E-state index in [0.717, 1.165) is 25.1 Å². The van der Waals surface area contributed by atoms with Gasteiger partial charge in [-0.25, -0.2) is 0 Å². The number of rotatable bonds is 14. The molecule has 0 amide bonds. The summed E-state index contributed by atoms with van der Waals surface area (Å²) in [4.78, 5) is 15.1. The molecule has 0 fully saturated rings. The fourth-order valence-electron chi connectivity index (χ4n) is 3.05. The lowest BCUT2D eigenvalue weighted by molar-refractivity contribution is -0.160. The predicted molar refractivity (Wildman–Crippen MR) is 122 cm³/mol. The second kappa shape index (κ2) is 12.4. The minimum Gasteiger partial charge on any atom is -0.459 e. The molecule has 0 heterocycles. The molecule has 0 aliphatic rings. The van der Waals surface area contributed by atoms with Gasteiger partial charge in [-0.3, -0.25) is 4.79 Å². The third-order valence-electron chi connectivity index (χ3n) is 6.30. The Morgan fingerprint density at radius 3 is 2.07 bits per heavy atom. The van der Waals surface area contributed by atoms with Gasteiger partial charge in [-0.15, -0.1) is 11.8 Å². The first-order chi connectivity index (χ1) is 12.4. The van der Waals surface area contributed by atoms with Crippen LogP contribution >= 0.6 is 11.8 Å². The molecule has 0 aromatic rings. The van der Waals surface area contributed by atoms with Crippen LogP contribution in [0.5, 0.6) is 0 Å². The lowest BCUT2D eigenvalue weighted by Gasteiger charge is -2.35. The van der Waals surface area contributed by atoms with Crippen molar-refractivity contribution < 1.29 is 9.53 Å². The summed E-state index contributed by atoms with van der Waals surface area (Å²) in [7, 11) is 4.16. The molecule has 0 radical (unpaired) electrons. The molecule has 0 saturated carbocycles. The normalized spacial score (nSPS) is 16.0. The van der Waals surface area contributed by atoms with E-state index in [0.29, 0.717) is 17.3 Å². The van der Waals surface area contributed by atoms with Gasteiger partial charge >= 0.3 is 5.97 Å². The average Bonchev–Trinajstić information content (AvgIpc) is 2.52. The van der Waals surface area contributed by atoms with Crippen molar-refractivity contribution in [3.05, 3.63) is 0 Å². The van der Waals surface area contributed by atoms with Gasteiger partial charge in [0.25, 0.3) is 0 Å². The van der Waals surface area contributed by atoms with Gasteiger partial charge in [0.1, 0.15) is 10.9 Å². The summed E-state index contributed by atoms with van der Waals surface area (Å²) < 4.78 is 5.92. The molecule has 0 aliphatic carbocycles. The van der Waals surface area contributed by atoms with Crippen molar-refractivity contribution >= 4 is 17.7 Å². The number of ether oxygens (including phenoxy) is 1. The average molecular weight is 402 g/mol. The maximum absolute atomic E-state index is 12.9. The second-order valence-corrected chi connectivity index (χ2v) is 11.1. The van der Waals surface area contributed by atoms with Crippen LogP contribution in [0.25, 0.3) is 0 Å². The van der Waals surface area contributed by atoms with Crippen molar-refractivity contribution in [2.75, 3.05) is 26.4 Å². The van der Waals surface area contributed by atoms with Crippen molar-refractivity contribution in [2.24, 2.45) is 17.3 Å². The molecule has 27 heavy (non-hydrogen) atoms. The fourth-order valence-corrected chi connectivity index (χ4v) is 4.33. The summed E-state index contributed by atoms with van der Waals surface area (Å²) in [6, 6.07) is 0. The van der Waals surface area contributed by atoms with Crippen molar-refractivity contribution in [1.29, 1.82) is 0 Å². The van der Waals surface area contributed by atoms with Gasteiger partial charge in [0.2, 0.25) is 0 Å². The molecule has 0 spiro atoms. The first-order valence-corrected chi connectivity index (χ1v) is 11.9. The molecule has 4 heteroatoms. The number of hydrogen-bond donors (Lipinski definition) is 0. The fraction of sp³-hybridized carbons (Fsp3) is 0.957. The van der Waals surface area contributed by atoms with Crippen LogP contribution in [0.2, 0.25) is 0 Å². The molecule has 162 valence electrons. The second-order valence-electron chi connectivity index (χ2n) is 9.79. The van der Waals surface area contributed by atoms with E-state index < -0.39 is 5.60 Å². The highest BCUT2D eigenvalue weighted by atomic mass is 32.2. The summed E-state index contributed by atoms with van der Waals surface area (Å²) in [6.07, 6.45) is 5.67. The van der Waals surface area contributed by atoms with Crippen LogP contribution in [0.1, 0.15) is 87.5 Å². The summed E-state index contributed by atoms with van der Waals surface area (Å²) >= 11 is 1.77. The maximum Gasteiger partial charge on any atom is 0.319 e. The summed E-state index contributed by atoms with van der Waals surface area (Å²) in [5.41, 5.74) is -0.0409. The number of hydrogen-bond acceptors (Lipinski definition) is 4. The van der Waals surface area contributed by atoms with Crippen LogP contribution in [0.4, 0.5) is 0 Å². The summed E-state index contributed by atoms with van der Waals surface area (Å²) in [5, 5.41) is -0.0546. The Kier molecular flexibility index (Phi) is 12.3. The van der Waals surface area contributed by atoms with E-state index in [2.05, 4.69) is 60.5 Å². The lowest BCUT2D eigenvalue weighted by atomic mass is 9.72. The summed E-state index contributed by atoms with van der Waals surface area (Å²) in [6.45, 7) is 18.6. The number of carbonyl (C=O) groups excluding carboxylic acids is 1. The van der Waals surface area contributed by atoms with Gasteiger partial charge in [0, 0.05) is 12.3 Å². The Balaban J connectivity index is 4.91. The number of thioether (sulfide) groups is 1. The first kappa shape index (κ1) is 26.8. The molecular weight excluding hydrogens is 354 g/mol. The summed E-state index contributed by atoms with van der Waals surface area (Å²) in [5.74, 6) is 1.91. The van der Waals surface area contributed by atoms with Crippen LogP contribution in [0, 0.1) is 17.3 Å². The zero-order valence-electron chi connectivity index (χ0n) is 19.9. The first-order valence-electron chi connectivity index (χ1n) is 10.8. The number of carbonyl (C=O) groups is 1. The van der Waals surface area contributed by atoms with Gasteiger partial charge < -0.3 is 9.64 Å². The predicted octanol–water partition coefficient (Wildman–Crippen LogP) is 6.26. The molecule has 2 atom stereocenters. The Morgan fingerprint density at radius 1 is 1.04 bits per heavy atom. The Bertz CT molecular complexity index is 421. The molecule has 0 N–H and O–H groups in total. The molecule has 0 aromatic carbocycles. The van der Waals surface area contributed by atoms with Gasteiger partial charge in [-0.05, 0) is 64.5 Å². The molecular formula is C23H47NO2S. The van der Waals surface area contributed by atoms with Crippen molar-refractivity contribution in [3.63, 3.8) is 0 Å². The van der Waals surface area contributed by atoms with Crippen molar-refractivity contribution in [2.45, 2.75) is 98.3 Å². The largest absolute Gasteiger partial charge is 0.459 e.